The molecule has 0 spiro atoms. The van der Waals surface area contributed by atoms with Gasteiger partial charge in [0.25, 0.3) is 0 Å². The van der Waals surface area contributed by atoms with Crippen molar-refractivity contribution in [3.05, 3.63) is 11.8 Å². The van der Waals surface area contributed by atoms with Gasteiger partial charge in [-0.2, -0.15) is 18.3 Å². The fraction of sp³-hybridized carbons (Fsp3) is 0.667. The average Bonchev–Trinajstić information content (AvgIpc) is 2.44. The van der Waals surface area contributed by atoms with Crippen molar-refractivity contribution in [1.29, 1.82) is 0 Å². The Labute approximate surface area is 85.3 Å². The maximum atomic E-state index is 12.5. The molecule has 0 saturated carbocycles. The summed E-state index contributed by atoms with van der Waals surface area (Å²) in [7, 11) is 0. The zero-order chi connectivity index (χ0) is 11.2. The molecule has 2 atom stereocenters. The van der Waals surface area contributed by atoms with Crippen LogP contribution in [0.3, 0.4) is 0 Å². The second-order valence-electron chi connectivity index (χ2n) is 3.94. The van der Waals surface area contributed by atoms with E-state index in [9.17, 15) is 13.2 Å². The Kier molecular flexibility index (Phi) is 2.17. The highest BCUT2D eigenvalue weighted by Crippen LogP contribution is 2.34. The van der Waals surface area contributed by atoms with Gasteiger partial charge in [0.2, 0.25) is 0 Å². The Balaban J connectivity index is 2.30. The van der Waals surface area contributed by atoms with Crippen LogP contribution in [-0.2, 0) is 0 Å². The molecule has 84 valence electrons. The van der Waals surface area contributed by atoms with Crippen molar-refractivity contribution in [2.24, 2.45) is 0 Å². The van der Waals surface area contributed by atoms with Crippen LogP contribution in [0, 0.1) is 6.92 Å². The van der Waals surface area contributed by atoms with Crippen molar-refractivity contribution in [2.75, 3.05) is 5.32 Å². The molecule has 0 amide bonds. The molecule has 0 bridgehead atoms. The minimum Gasteiger partial charge on any atom is -0.359 e. The predicted octanol–water partition coefficient (Wildman–Crippen LogP) is 2.50. The van der Waals surface area contributed by atoms with Crippen LogP contribution in [0.1, 0.15) is 25.1 Å². The molecule has 1 aliphatic heterocycles. The van der Waals surface area contributed by atoms with Crippen LogP contribution in [-0.4, -0.2) is 22.0 Å². The third-order valence-electron chi connectivity index (χ3n) is 2.57. The van der Waals surface area contributed by atoms with Gasteiger partial charge < -0.3 is 5.32 Å². The van der Waals surface area contributed by atoms with E-state index in [2.05, 4.69) is 10.4 Å². The number of halogens is 3. The van der Waals surface area contributed by atoms with Crippen molar-refractivity contribution >= 4 is 5.82 Å². The molecule has 3 nitrogen and oxygen atoms in total. The lowest BCUT2D eigenvalue weighted by molar-refractivity contribution is -0.147. The van der Waals surface area contributed by atoms with Gasteiger partial charge in [-0.15, -0.1) is 0 Å². The molecule has 1 N–H and O–H groups in total. The van der Waals surface area contributed by atoms with E-state index in [1.807, 2.05) is 0 Å². The van der Waals surface area contributed by atoms with Crippen LogP contribution in [0.2, 0.25) is 0 Å². The number of rotatable bonds is 0. The number of alkyl halides is 3. The van der Waals surface area contributed by atoms with Crippen molar-refractivity contribution < 1.29 is 13.2 Å². The molecule has 0 aromatic carbocycles. The second-order valence-corrected chi connectivity index (χ2v) is 3.94. The molecule has 15 heavy (non-hydrogen) atoms. The average molecular weight is 219 g/mol. The van der Waals surface area contributed by atoms with E-state index in [0.29, 0.717) is 5.82 Å². The summed E-state index contributed by atoms with van der Waals surface area (Å²) in [6.07, 6.45) is -4.17. The number of nitrogens with one attached hydrogen (secondary N) is 1. The fourth-order valence-corrected chi connectivity index (χ4v) is 1.85. The van der Waals surface area contributed by atoms with Crippen molar-refractivity contribution in [2.45, 2.75) is 38.5 Å². The van der Waals surface area contributed by atoms with Gasteiger partial charge in [-0.1, -0.05) is 0 Å². The Morgan fingerprint density at radius 2 is 2.20 bits per heavy atom. The number of fused-ring (bicyclic) bond motifs is 1. The monoisotopic (exact) mass is 219 g/mol. The molecule has 6 heteroatoms. The lowest BCUT2D eigenvalue weighted by Crippen LogP contribution is -2.42. The number of aryl methyl sites for hydroxylation is 1. The van der Waals surface area contributed by atoms with E-state index in [-0.39, 0.29) is 12.5 Å². The van der Waals surface area contributed by atoms with Gasteiger partial charge in [0, 0.05) is 6.07 Å². The number of nitrogens with zero attached hydrogens (tertiary/aromatic N) is 2. The summed E-state index contributed by atoms with van der Waals surface area (Å²) < 4.78 is 39.2. The molecule has 0 aliphatic carbocycles. The smallest absolute Gasteiger partial charge is 0.359 e. The van der Waals surface area contributed by atoms with E-state index < -0.39 is 12.2 Å². The first-order valence-corrected chi connectivity index (χ1v) is 4.77. The van der Waals surface area contributed by atoms with Gasteiger partial charge in [0.1, 0.15) is 11.9 Å². The highest BCUT2D eigenvalue weighted by Gasteiger charge is 2.43. The fourth-order valence-electron chi connectivity index (χ4n) is 1.85. The molecule has 2 unspecified atom stereocenters. The van der Waals surface area contributed by atoms with E-state index in [1.165, 1.54) is 0 Å². The lowest BCUT2D eigenvalue weighted by Gasteiger charge is -2.31. The summed E-state index contributed by atoms with van der Waals surface area (Å²) >= 11 is 0. The molecular weight excluding hydrogens is 207 g/mol. The van der Waals surface area contributed by atoms with E-state index in [0.717, 1.165) is 5.69 Å². The third kappa shape index (κ3) is 1.80. The highest BCUT2D eigenvalue weighted by atomic mass is 19.4. The third-order valence-corrected chi connectivity index (χ3v) is 2.57. The minimum absolute atomic E-state index is 0.0254. The predicted molar refractivity (Wildman–Crippen MR) is 49.8 cm³/mol. The Morgan fingerprint density at radius 1 is 1.53 bits per heavy atom. The topological polar surface area (TPSA) is 29.9 Å². The number of hydrogen-bond acceptors (Lipinski definition) is 2. The number of aromatic nitrogens is 2. The first-order chi connectivity index (χ1) is 6.88. The molecule has 0 fully saturated rings. The normalized spacial score (nSPS) is 25.9. The lowest BCUT2D eigenvalue weighted by atomic mass is 10.1. The second kappa shape index (κ2) is 3.15. The minimum atomic E-state index is -4.20. The zero-order valence-corrected chi connectivity index (χ0v) is 8.47. The molecule has 2 rings (SSSR count). The van der Waals surface area contributed by atoms with Crippen molar-refractivity contribution in [1.82, 2.24) is 9.78 Å². The molecular formula is C9H12F3N3. The van der Waals surface area contributed by atoms with E-state index in [1.54, 1.807) is 24.6 Å². The first-order valence-electron chi connectivity index (χ1n) is 4.77. The van der Waals surface area contributed by atoms with Gasteiger partial charge in [-0.3, -0.25) is 0 Å². The van der Waals surface area contributed by atoms with Gasteiger partial charge in [0.15, 0.2) is 0 Å². The SMILES string of the molecule is Cc1cc2n(n1)C(C)CC(C(F)(F)F)N2. The number of hydrogen-bond donors (Lipinski definition) is 1. The summed E-state index contributed by atoms with van der Waals surface area (Å²) in [5, 5.41) is 6.60. The van der Waals surface area contributed by atoms with Crippen LogP contribution in [0.25, 0.3) is 0 Å². The molecule has 0 radical (unpaired) electrons. The molecule has 0 saturated heterocycles. The molecule has 1 aliphatic rings. The van der Waals surface area contributed by atoms with Crippen LogP contribution in [0.5, 0.6) is 0 Å². The Bertz CT molecular complexity index is 369. The Hall–Kier alpha value is -1.20. The first kappa shape index (κ1) is 10.3. The summed E-state index contributed by atoms with van der Waals surface area (Å²) in [5.74, 6) is 0.452. The maximum Gasteiger partial charge on any atom is 0.408 e. The van der Waals surface area contributed by atoms with Crippen LogP contribution in [0.15, 0.2) is 6.07 Å². The summed E-state index contributed by atoms with van der Waals surface area (Å²) in [6, 6.07) is -0.0494. The molecule has 2 heterocycles. The van der Waals surface area contributed by atoms with E-state index in [4.69, 9.17) is 0 Å². The van der Waals surface area contributed by atoms with Gasteiger partial charge >= 0.3 is 6.18 Å². The van der Waals surface area contributed by atoms with Crippen LogP contribution in [0.4, 0.5) is 19.0 Å². The van der Waals surface area contributed by atoms with Gasteiger partial charge in [-0.25, -0.2) is 4.68 Å². The van der Waals surface area contributed by atoms with Gasteiger partial charge in [0.05, 0.1) is 11.7 Å². The summed E-state index contributed by atoms with van der Waals surface area (Å²) in [5.41, 5.74) is 0.729. The standard InChI is InChI=1S/C9H12F3N3/c1-5-3-8-13-7(9(10,11)12)4-6(2)15(8)14-5/h3,6-7,13H,4H2,1-2H3. The van der Waals surface area contributed by atoms with E-state index >= 15 is 0 Å². The maximum absolute atomic E-state index is 12.5. The molecule has 1 aromatic heterocycles. The van der Waals surface area contributed by atoms with Gasteiger partial charge in [-0.05, 0) is 20.3 Å². The summed E-state index contributed by atoms with van der Waals surface area (Å²) in [6.45, 7) is 3.51. The Morgan fingerprint density at radius 3 is 2.80 bits per heavy atom. The molecule has 1 aromatic rings. The van der Waals surface area contributed by atoms with Crippen molar-refractivity contribution in [3.8, 4) is 0 Å². The quantitative estimate of drug-likeness (QED) is 0.726. The largest absolute Gasteiger partial charge is 0.408 e. The summed E-state index contributed by atoms with van der Waals surface area (Å²) in [4.78, 5) is 0. The highest BCUT2D eigenvalue weighted by molar-refractivity contribution is 5.40. The van der Waals surface area contributed by atoms with Crippen LogP contribution >= 0.6 is 0 Å². The van der Waals surface area contributed by atoms with Crippen LogP contribution < -0.4 is 5.32 Å². The zero-order valence-electron chi connectivity index (χ0n) is 8.47. The number of anilines is 1. The van der Waals surface area contributed by atoms with Crippen molar-refractivity contribution in [3.63, 3.8) is 0 Å².